The van der Waals surface area contributed by atoms with Crippen LogP contribution < -0.4 is 15.2 Å². The second kappa shape index (κ2) is 12.5. The number of hydrogen-bond acceptors (Lipinski definition) is 9. The number of alkyl halides is 4. The summed E-state index contributed by atoms with van der Waals surface area (Å²) < 4.78 is 64.6. The highest BCUT2D eigenvalue weighted by Crippen LogP contribution is 2.36. The van der Waals surface area contributed by atoms with Gasteiger partial charge in [-0.1, -0.05) is 35.9 Å². The van der Waals surface area contributed by atoms with E-state index in [1.807, 2.05) is 6.07 Å². The number of ether oxygens (including phenoxy) is 1. The third-order valence-corrected chi connectivity index (χ3v) is 8.72. The molecule has 2 aliphatic heterocycles. The molecule has 4 aromatic rings. The highest BCUT2D eigenvalue weighted by molar-refractivity contribution is 6.36. The van der Waals surface area contributed by atoms with Crippen molar-refractivity contribution in [3.05, 3.63) is 57.6 Å². The van der Waals surface area contributed by atoms with Crippen LogP contribution in [0.4, 0.5) is 28.2 Å². The number of rotatable bonds is 6. The predicted octanol–water partition coefficient (Wildman–Crippen LogP) is 4.50. The fourth-order valence-electron chi connectivity index (χ4n) is 6.15. The average Bonchev–Trinajstić information content (AvgIpc) is 3.35. The number of carbonyl (C=O) groups is 1. The molecule has 4 heterocycles. The van der Waals surface area contributed by atoms with Crippen molar-refractivity contribution >= 4 is 45.3 Å². The molecule has 12 nitrogen and oxygen atoms in total. The van der Waals surface area contributed by atoms with E-state index in [1.165, 1.54) is 23.1 Å². The smallest absolute Gasteiger partial charge is 0.450 e. The molecule has 1 amide bonds. The second-order valence-corrected chi connectivity index (χ2v) is 11.8. The fraction of sp³-hybridized carbons (Fsp3) is 0.400. The molecular weight excluding hydrogens is 648 g/mol. The van der Waals surface area contributed by atoms with Crippen LogP contribution in [0.15, 0.2) is 41.2 Å². The molecule has 0 unspecified atom stereocenters. The standard InChI is InChI=1S/C30H27ClF4N8O4/c1-40-13-17(32)12-19(40)15-47-28-38-24-23(25(39-28)41-10-11-42(29(45)46)18(14-41)8-9-36)37-27(30(33,34)35)43(26(24)44)21-7-3-5-16-4-2-6-20(31)22(16)21/h2-7,17-19H,8,10-15H2,1H3,(H,45,46)/t17-,18+,19+/m1/s1. The maximum absolute atomic E-state index is 14.8. The Bertz CT molecular complexity index is 1960. The molecule has 0 bridgehead atoms. The van der Waals surface area contributed by atoms with E-state index in [2.05, 4.69) is 15.0 Å². The molecule has 47 heavy (non-hydrogen) atoms. The maximum atomic E-state index is 14.8. The van der Waals surface area contributed by atoms with E-state index in [0.717, 1.165) is 4.90 Å². The van der Waals surface area contributed by atoms with Crippen molar-refractivity contribution in [2.75, 3.05) is 44.7 Å². The molecule has 0 saturated carbocycles. The minimum absolute atomic E-state index is 0.0419. The molecule has 17 heteroatoms. The van der Waals surface area contributed by atoms with Crippen LogP contribution in [0.1, 0.15) is 18.7 Å². The molecule has 2 fully saturated rings. The van der Waals surface area contributed by atoms with Crippen LogP contribution in [-0.4, -0.2) is 98.6 Å². The Morgan fingerprint density at radius 1 is 1.11 bits per heavy atom. The van der Waals surface area contributed by atoms with Crippen molar-refractivity contribution in [3.8, 4) is 17.8 Å². The zero-order valence-electron chi connectivity index (χ0n) is 24.8. The number of piperazine rings is 1. The molecule has 3 atom stereocenters. The number of nitrogens with zero attached hydrogens (tertiary/aromatic N) is 8. The number of nitriles is 1. The quantitative estimate of drug-likeness (QED) is 0.291. The first kappa shape index (κ1) is 32.2. The SMILES string of the molecule is CN1C[C@H](F)C[C@H]1COc1nc(N2CCN(C(=O)O)[C@@H](CC#N)C2)c2nc(C(F)(F)F)n(-c3cccc4cccc(Cl)c34)c(=O)c2n1. The van der Waals surface area contributed by atoms with Crippen LogP contribution in [0.5, 0.6) is 6.01 Å². The van der Waals surface area contributed by atoms with Gasteiger partial charge in [-0.15, -0.1) is 0 Å². The van der Waals surface area contributed by atoms with Gasteiger partial charge in [0.05, 0.1) is 29.2 Å². The number of fused-ring (bicyclic) bond motifs is 2. The largest absolute Gasteiger partial charge is 0.465 e. The number of likely N-dealkylation sites (tertiary alicyclic amines) is 1. The van der Waals surface area contributed by atoms with Crippen LogP contribution in [-0.2, 0) is 6.18 Å². The summed E-state index contributed by atoms with van der Waals surface area (Å²) in [4.78, 5) is 42.9. The molecule has 1 N–H and O–H groups in total. The van der Waals surface area contributed by atoms with Gasteiger partial charge in [0.2, 0.25) is 5.82 Å². The molecule has 2 saturated heterocycles. The molecule has 0 aliphatic carbocycles. The molecule has 2 aromatic carbocycles. The number of anilines is 1. The summed E-state index contributed by atoms with van der Waals surface area (Å²) in [7, 11) is 1.72. The van der Waals surface area contributed by atoms with Gasteiger partial charge in [-0.05, 0) is 31.0 Å². The Morgan fingerprint density at radius 3 is 2.51 bits per heavy atom. The highest BCUT2D eigenvalue weighted by Gasteiger charge is 2.40. The number of carboxylic acid groups (broad SMARTS) is 1. The van der Waals surface area contributed by atoms with Crippen molar-refractivity contribution in [2.24, 2.45) is 0 Å². The van der Waals surface area contributed by atoms with E-state index < -0.39 is 46.9 Å². The van der Waals surface area contributed by atoms with Gasteiger partial charge in [-0.25, -0.2) is 14.2 Å². The normalized spacial score (nSPS) is 20.6. The molecule has 0 spiro atoms. The molecule has 2 aliphatic rings. The van der Waals surface area contributed by atoms with Crippen LogP contribution in [0.25, 0.3) is 27.5 Å². The predicted molar refractivity (Wildman–Crippen MR) is 163 cm³/mol. The Morgan fingerprint density at radius 2 is 1.85 bits per heavy atom. The van der Waals surface area contributed by atoms with Crippen molar-refractivity contribution in [1.82, 2.24) is 29.3 Å². The van der Waals surface area contributed by atoms with Gasteiger partial charge in [0, 0.05) is 37.6 Å². The van der Waals surface area contributed by atoms with Gasteiger partial charge in [-0.3, -0.25) is 14.3 Å². The van der Waals surface area contributed by atoms with Crippen LogP contribution in [0, 0.1) is 11.3 Å². The Balaban J connectivity index is 1.57. The number of likely N-dealkylation sites (N-methyl/N-ethyl adjacent to an activating group) is 1. The van der Waals surface area contributed by atoms with E-state index in [9.17, 15) is 37.5 Å². The van der Waals surface area contributed by atoms with Crippen molar-refractivity contribution in [2.45, 2.75) is 37.3 Å². The van der Waals surface area contributed by atoms with Gasteiger partial charge in [0.25, 0.3) is 5.56 Å². The summed E-state index contributed by atoms with van der Waals surface area (Å²) in [6.45, 7) is -0.168. The van der Waals surface area contributed by atoms with E-state index in [-0.39, 0.29) is 79.6 Å². The van der Waals surface area contributed by atoms with Crippen LogP contribution in [0.3, 0.4) is 0 Å². The molecule has 0 radical (unpaired) electrons. The van der Waals surface area contributed by atoms with Gasteiger partial charge in [-0.2, -0.15) is 28.4 Å². The number of benzene rings is 2. The van der Waals surface area contributed by atoms with E-state index in [0.29, 0.717) is 9.95 Å². The summed E-state index contributed by atoms with van der Waals surface area (Å²) >= 11 is 6.43. The topological polar surface area (TPSA) is 141 Å². The van der Waals surface area contributed by atoms with Crippen molar-refractivity contribution < 1.29 is 32.2 Å². The molecular formula is C30H27ClF4N8O4. The van der Waals surface area contributed by atoms with Gasteiger partial charge < -0.3 is 19.6 Å². The third kappa shape index (κ3) is 6.08. The monoisotopic (exact) mass is 674 g/mol. The average molecular weight is 675 g/mol. The van der Waals surface area contributed by atoms with E-state index in [4.69, 9.17) is 16.3 Å². The molecule has 6 rings (SSSR count). The Labute approximate surface area is 269 Å². The van der Waals surface area contributed by atoms with Crippen molar-refractivity contribution in [1.29, 1.82) is 5.26 Å². The van der Waals surface area contributed by atoms with Gasteiger partial charge in [0.1, 0.15) is 18.3 Å². The highest BCUT2D eigenvalue weighted by atomic mass is 35.5. The zero-order chi connectivity index (χ0) is 33.6. The summed E-state index contributed by atoms with van der Waals surface area (Å²) in [5.41, 5.74) is -2.34. The minimum Gasteiger partial charge on any atom is -0.465 e. The van der Waals surface area contributed by atoms with E-state index >= 15 is 0 Å². The second-order valence-electron chi connectivity index (χ2n) is 11.4. The third-order valence-electron chi connectivity index (χ3n) is 8.40. The fourth-order valence-corrected chi connectivity index (χ4v) is 6.43. The lowest BCUT2D eigenvalue weighted by molar-refractivity contribution is -0.146. The van der Waals surface area contributed by atoms with E-state index in [1.54, 1.807) is 30.1 Å². The first-order valence-electron chi connectivity index (χ1n) is 14.6. The van der Waals surface area contributed by atoms with Gasteiger partial charge >= 0.3 is 18.3 Å². The Hall–Kier alpha value is -4.75. The van der Waals surface area contributed by atoms with Crippen molar-refractivity contribution in [3.63, 3.8) is 0 Å². The summed E-state index contributed by atoms with van der Waals surface area (Å²) in [6.07, 6.45) is -7.50. The first-order chi connectivity index (χ1) is 22.4. The minimum atomic E-state index is -5.13. The number of aromatic nitrogens is 4. The number of amides is 1. The summed E-state index contributed by atoms with van der Waals surface area (Å²) in [5, 5.41) is 19.8. The lowest BCUT2D eigenvalue weighted by Crippen LogP contribution is -2.55. The van der Waals surface area contributed by atoms with Gasteiger partial charge in [0.15, 0.2) is 11.3 Å². The Kier molecular flexibility index (Phi) is 8.53. The number of halogens is 5. The van der Waals surface area contributed by atoms with Crippen LogP contribution in [0.2, 0.25) is 5.02 Å². The summed E-state index contributed by atoms with van der Waals surface area (Å²) in [6, 6.07) is 9.56. The molecule has 2 aromatic heterocycles. The number of hydrogen-bond donors (Lipinski definition) is 1. The zero-order valence-corrected chi connectivity index (χ0v) is 25.5. The van der Waals surface area contributed by atoms with Crippen LogP contribution >= 0.6 is 11.6 Å². The first-order valence-corrected chi connectivity index (χ1v) is 14.9. The summed E-state index contributed by atoms with van der Waals surface area (Å²) in [5.74, 6) is -1.76. The molecule has 246 valence electrons. The maximum Gasteiger partial charge on any atom is 0.450 e. The lowest BCUT2D eigenvalue weighted by atomic mass is 10.1. The lowest BCUT2D eigenvalue weighted by Gasteiger charge is -2.39.